The van der Waals surface area contributed by atoms with Gasteiger partial charge in [0.1, 0.15) is 5.82 Å². The molecule has 0 saturated carbocycles. The van der Waals surface area contributed by atoms with Gasteiger partial charge in [-0.25, -0.2) is 28.4 Å². The average Bonchev–Trinajstić information content (AvgIpc) is 3.26. The SMILES string of the molecule is CC(C)c1nc2ccc(N(Cc3ccc(C(=O)NN)cc3F)C(=O)N3CCS(=O)(=O)CC3)cc2s1. The minimum atomic E-state index is -3.18. The molecule has 1 fully saturated rings. The van der Waals surface area contributed by atoms with Gasteiger partial charge in [0.15, 0.2) is 9.84 Å². The van der Waals surface area contributed by atoms with Gasteiger partial charge in [-0.1, -0.05) is 19.9 Å². The lowest BCUT2D eigenvalue weighted by atomic mass is 10.1. The molecule has 3 aromatic rings. The number of halogens is 1. The van der Waals surface area contributed by atoms with Gasteiger partial charge < -0.3 is 4.90 Å². The lowest BCUT2D eigenvalue weighted by Crippen LogP contribution is -2.49. The van der Waals surface area contributed by atoms with Crippen molar-refractivity contribution in [3.05, 3.63) is 58.3 Å². The van der Waals surface area contributed by atoms with Crippen LogP contribution in [0.2, 0.25) is 0 Å². The number of fused-ring (bicyclic) bond motifs is 1. The quantitative estimate of drug-likeness (QED) is 0.303. The summed E-state index contributed by atoms with van der Waals surface area (Å²) in [6.07, 6.45) is 0. The third-order valence-corrected chi connectivity index (χ3v) is 8.74. The van der Waals surface area contributed by atoms with Gasteiger partial charge in [-0.15, -0.1) is 11.3 Å². The van der Waals surface area contributed by atoms with Crippen LogP contribution in [0.3, 0.4) is 0 Å². The predicted molar refractivity (Wildman–Crippen MR) is 134 cm³/mol. The van der Waals surface area contributed by atoms with E-state index in [1.54, 1.807) is 6.07 Å². The first-order valence-corrected chi connectivity index (χ1v) is 13.7. The van der Waals surface area contributed by atoms with Crippen LogP contribution in [-0.4, -0.2) is 54.8 Å². The zero-order chi connectivity index (χ0) is 25.3. The van der Waals surface area contributed by atoms with Crippen molar-refractivity contribution in [1.82, 2.24) is 15.3 Å². The summed E-state index contributed by atoms with van der Waals surface area (Å²) in [6, 6.07) is 8.91. The number of nitrogen functional groups attached to an aromatic ring is 1. The van der Waals surface area contributed by atoms with Crippen LogP contribution < -0.4 is 16.2 Å². The first-order chi connectivity index (χ1) is 16.6. The Kier molecular flexibility index (Phi) is 7.06. The second-order valence-electron chi connectivity index (χ2n) is 8.65. The smallest absolute Gasteiger partial charge is 0.322 e. The van der Waals surface area contributed by atoms with Crippen molar-refractivity contribution < 1.29 is 22.4 Å². The molecule has 4 rings (SSSR count). The van der Waals surface area contributed by atoms with Gasteiger partial charge in [0.2, 0.25) is 0 Å². The number of urea groups is 1. The Bertz CT molecular complexity index is 1380. The van der Waals surface area contributed by atoms with Gasteiger partial charge in [0, 0.05) is 35.8 Å². The number of aromatic nitrogens is 1. The molecule has 0 radical (unpaired) electrons. The fourth-order valence-corrected chi connectivity index (χ4v) is 5.96. The van der Waals surface area contributed by atoms with Crippen LogP contribution in [-0.2, 0) is 16.4 Å². The highest BCUT2D eigenvalue weighted by atomic mass is 32.2. The Labute approximate surface area is 206 Å². The van der Waals surface area contributed by atoms with Gasteiger partial charge in [0.05, 0.1) is 33.3 Å². The van der Waals surface area contributed by atoms with Gasteiger partial charge >= 0.3 is 6.03 Å². The fourth-order valence-electron chi connectivity index (χ4n) is 3.76. The molecule has 0 atom stereocenters. The third kappa shape index (κ3) is 5.44. The van der Waals surface area contributed by atoms with E-state index in [9.17, 15) is 22.4 Å². The predicted octanol–water partition coefficient (Wildman–Crippen LogP) is 3.02. The molecule has 3 N–H and O–H groups in total. The Morgan fingerprint density at radius 2 is 1.91 bits per heavy atom. The van der Waals surface area contributed by atoms with E-state index in [1.807, 2.05) is 17.6 Å². The minimum Gasteiger partial charge on any atom is -0.322 e. The van der Waals surface area contributed by atoms with Crippen molar-refractivity contribution in [2.75, 3.05) is 29.5 Å². The Balaban J connectivity index is 1.70. The van der Waals surface area contributed by atoms with Crippen LogP contribution in [0.15, 0.2) is 36.4 Å². The van der Waals surface area contributed by atoms with Crippen LogP contribution in [0, 0.1) is 5.82 Å². The highest BCUT2D eigenvalue weighted by Crippen LogP contribution is 2.32. The van der Waals surface area contributed by atoms with Gasteiger partial charge in [-0.3, -0.25) is 15.1 Å². The standard InChI is InChI=1S/C23H26FN5O4S2/c1-14(2)22-26-19-6-5-17(12-20(19)34-22)29(23(31)28-7-9-35(32,33)10-8-28)13-16-4-3-15(11-18(16)24)21(30)27-25/h3-6,11-12,14H,7-10,13,25H2,1-2H3,(H,27,30). The molecule has 1 aliphatic heterocycles. The molecule has 12 heteroatoms. The molecule has 1 aromatic heterocycles. The summed E-state index contributed by atoms with van der Waals surface area (Å²) in [4.78, 5) is 32.8. The number of sulfone groups is 1. The maximum Gasteiger partial charge on any atom is 0.324 e. The first kappa shape index (κ1) is 25.0. The molecule has 9 nitrogen and oxygen atoms in total. The largest absolute Gasteiger partial charge is 0.324 e. The molecule has 2 aromatic carbocycles. The number of rotatable bonds is 5. The number of hydrazine groups is 1. The molecule has 0 unspecified atom stereocenters. The van der Waals surface area contributed by atoms with Crippen molar-refractivity contribution in [2.24, 2.45) is 5.84 Å². The lowest BCUT2D eigenvalue weighted by Gasteiger charge is -2.33. The molecule has 1 saturated heterocycles. The topological polar surface area (TPSA) is 126 Å². The van der Waals surface area contributed by atoms with Crippen LogP contribution in [0.4, 0.5) is 14.9 Å². The number of amides is 3. The number of thiazole rings is 1. The summed E-state index contributed by atoms with van der Waals surface area (Å²) in [5.74, 6) is 3.86. The molecule has 0 bridgehead atoms. The Hall–Kier alpha value is -3.09. The van der Waals surface area contributed by atoms with E-state index < -0.39 is 27.6 Å². The average molecular weight is 520 g/mol. The maximum atomic E-state index is 14.9. The molecular weight excluding hydrogens is 493 g/mol. The fraction of sp³-hybridized carbons (Fsp3) is 0.348. The minimum absolute atomic E-state index is 0.0557. The highest BCUT2D eigenvalue weighted by molar-refractivity contribution is 7.91. The van der Waals surface area contributed by atoms with E-state index in [0.29, 0.717) is 5.69 Å². The van der Waals surface area contributed by atoms with Gasteiger partial charge in [-0.2, -0.15) is 0 Å². The van der Waals surface area contributed by atoms with E-state index in [0.717, 1.165) is 21.3 Å². The summed E-state index contributed by atoms with van der Waals surface area (Å²) < 4.78 is 39.5. The van der Waals surface area contributed by atoms with E-state index in [-0.39, 0.29) is 48.2 Å². The van der Waals surface area contributed by atoms with Crippen LogP contribution >= 0.6 is 11.3 Å². The van der Waals surface area contributed by atoms with E-state index in [2.05, 4.69) is 18.8 Å². The number of carbonyl (C=O) groups excluding carboxylic acids is 2. The number of nitrogens with two attached hydrogens (primary N) is 1. The summed E-state index contributed by atoms with van der Waals surface area (Å²) in [6.45, 7) is 4.12. The number of carbonyl (C=O) groups is 2. The summed E-state index contributed by atoms with van der Waals surface area (Å²) in [5, 5.41) is 0.969. The van der Waals surface area contributed by atoms with E-state index in [4.69, 9.17) is 5.84 Å². The summed E-state index contributed by atoms with van der Waals surface area (Å²) in [5.41, 5.74) is 3.56. The van der Waals surface area contributed by atoms with Crippen molar-refractivity contribution in [3.63, 3.8) is 0 Å². The van der Waals surface area contributed by atoms with Crippen molar-refractivity contribution in [1.29, 1.82) is 0 Å². The number of nitrogens with zero attached hydrogens (tertiary/aromatic N) is 3. The van der Waals surface area contributed by atoms with Crippen molar-refractivity contribution in [2.45, 2.75) is 26.3 Å². The Morgan fingerprint density at radius 1 is 1.20 bits per heavy atom. The van der Waals surface area contributed by atoms with Crippen molar-refractivity contribution >= 4 is 49.0 Å². The number of hydrogen-bond acceptors (Lipinski definition) is 7. The Morgan fingerprint density at radius 3 is 2.54 bits per heavy atom. The van der Waals surface area contributed by atoms with E-state index >= 15 is 0 Å². The summed E-state index contributed by atoms with van der Waals surface area (Å²) >= 11 is 1.53. The normalized spacial score (nSPS) is 15.4. The number of anilines is 1. The van der Waals surface area contributed by atoms with Crippen LogP contribution in [0.1, 0.15) is 40.7 Å². The second-order valence-corrected chi connectivity index (χ2v) is 12.0. The maximum absolute atomic E-state index is 14.9. The molecule has 2 heterocycles. The summed E-state index contributed by atoms with van der Waals surface area (Å²) in [7, 11) is -3.18. The number of benzene rings is 2. The van der Waals surface area contributed by atoms with Crippen molar-refractivity contribution in [3.8, 4) is 0 Å². The molecule has 0 spiro atoms. The van der Waals surface area contributed by atoms with E-state index in [1.165, 1.54) is 33.3 Å². The molecule has 3 amide bonds. The zero-order valence-electron chi connectivity index (χ0n) is 19.3. The van der Waals surface area contributed by atoms with Gasteiger partial charge in [0.25, 0.3) is 5.91 Å². The number of nitrogens with one attached hydrogen (secondary N) is 1. The highest BCUT2D eigenvalue weighted by Gasteiger charge is 2.30. The molecular formula is C23H26FN5O4S2. The lowest BCUT2D eigenvalue weighted by molar-refractivity contribution is 0.0953. The third-order valence-electron chi connectivity index (χ3n) is 5.81. The van der Waals surface area contributed by atoms with Gasteiger partial charge in [-0.05, 0) is 30.3 Å². The van der Waals surface area contributed by atoms with Crippen LogP contribution in [0.25, 0.3) is 10.2 Å². The molecule has 186 valence electrons. The van der Waals surface area contributed by atoms with Crippen LogP contribution in [0.5, 0.6) is 0 Å². The first-order valence-electron chi connectivity index (χ1n) is 11.0. The molecule has 0 aliphatic carbocycles. The second kappa shape index (κ2) is 9.88. The zero-order valence-corrected chi connectivity index (χ0v) is 21.0. The molecule has 35 heavy (non-hydrogen) atoms. The number of hydrogen-bond donors (Lipinski definition) is 2. The monoisotopic (exact) mass is 519 g/mol. The molecule has 1 aliphatic rings.